The number of halogens is 3. The highest BCUT2D eigenvalue weighted by atomic mass is 32.2. The molecule has 0 aromatic carbocycles. The van der Waals surface area contributed by atoms with Crippen LogP contribution in [0.4, 0.5) is 13.2 Å². The van der Waals surface area contributed by atoms with Crippen molar-refractivity contribution in [2.75, 3.05) is 33.2 Å². The van der Waals surface area contributed by atoms with Gasteiger partial charge >= 0.3 is 6.18 Å². The van der Waals surface area contributed by atoms with Gasteiger partial charge in [0.15, 0.2) is 0 Å². The van der Waals surface area contributed by atoms with E-state index in [0.717, 1.165) is 17.3 Å². The molecular formula is C9H20F3N3O2S. The van der Waals surface area contributed by atoms with Gasteiger partial charge in [-0.05, 0) is 25.9 Å². The van der Waals surface area contributed by atoms with E-state index in [1.807, 2.05) is 6.92 Å². The highest BCUT2D eigenvalue weighted by Crippen LogP contribution is 2.13. The Balaban J connectivity index is 3.96. The third-order valence-electron chi connectivity index (χ3n) is 2.12. The molecule has 0 radical (unpaired) electrons. The average molecular weight is 291 g/mol. The van der Waals surface area contributed by atoms with E-state index in [-0.39, 0.29) is 6.54 Å². The van der Waals surface area contributed by atoms with E-state index in [1.54, 1.807) is 0 Å². The predicted molar refractivity (Wildman–Crippen MR) is 63.4 cm³/mol. The van der Waals surface area contributed by atoms with Gasteiger partial charge in [-0.3, -0.25) is 0 Å². The van der Waals surface area contributed by atoms with Crippen LogP contribution in [0.1, 0.15) is 19.8 Å². The molecule has 110 valence electrons. The van der Waals surface area contributed by atoms with E-state index in [2.05, 4.69) is 5.32 Å². The molecule has 9 heteroatoms. The van der Waals surface area contributed by atoms with Crippen molar-refractivity contribution in [1.29, 1.82) is 0 Å². The van der Waals surface area contributed by atoms with Gasteiger partial charge in [0.05, 0.1) is 0 Å². The first kappa shape index (κ1) is 17.6. The van der Waals surface area contributed by atoms with Gasteiger partial charge in [-0.1, -0.05) is 6.92 Å². The lowest BCUT2D eigenvalue weighted by atomic mass is 10.4. The molecule has 0 aliphatic carbocycles. The number of rotatable bonds is 9. The molecule has 0 aromatic rings. The molecular weight excluding hydrogens is 271 g/mol. The Bertz CT molecular complexity index is 320. The summed E-state index contributed by atoms with van der Waals surface area (Å²) < 4.78 is 60.8. The number of hydrogen-bond acceptors (Lipinski definition) is 3. The van der Waals surface area contributed by atoms with Crippen LogP contribution in [0, 0.1) is 0 Å². The Morgan fingerprint density at radius 1 is 1.22 bits per heavy atom. The summed E-state index contributed by atoms with van der Waals surface area (Å²) in [6.07, 6.45) is -3.03. The van der Waals surface area contributed by atoms with Crippen molar-refractivity contribution in [2.45, 2.75) is 25.9 Å². The van der Waals surface area contributed by atoms with Crippen molar-refractivity contribution in [3.05, 3.63) is 0 Å². The summed E-state index contributed by atoms with van der Waals surface area (Å²) in [6, 6.07) is 0. The van der Waals surface area contributed by atoms with Crippen LogP contribution < -0.4 is 10.0 Å². The predicted octanol–water partition coefficient (Wildman–Crippen LogP) is 0.705. The summed E-state index contributed by atoms with van der Waals surface area (Å²) in [4.78, 5) is 0. The Morgan fingerprint density at radius 3 is 2.33 bits per heavy atom. The lowest BCUT2D eigenvalue weighted by Crippen LogP contribution is -2.43. The van der Waals surface area contributed by atoms with Crippen LogP contribution in [0.5, 0.6) is 0 Å². The zero-order chi connectivity index (χ0) is 14.2. The second-order valence-corrected chi connectivity index (χ2v) is 5.73. The molecule has 0 heterocycles. The monoisotopic (exact) mass is 291 g/mol. The third-order valence-corrected chi connectivity index (χ3v) is 3.63. The molecule has 0 fully saturated rings. The normalized spacial score (nSPS) is 13.2. The summed E-state index contributed by atoms with van der Waals surface area (Å²) >= 11 is 0. The zero-order valence-corrected chi connectivity index (χ0v) is 11.4. The average Bonchev–Trinajstić information content (AvgIpc) is 2.25. The fourth-order valence-electron chi connectivity index (χ4n) is 1.13. The fourth-order valence-corrected chi connectivity index (χ4v) is 2.07. The molecule has 18 heavy (non-hydrogen) atoms. The Labute approximate surface area is 106 Å². The van der Waals surface area contributed by atoms with Crippen LogP contribution in [-0.2, 0) is 10.2 Å². The SMILES string of the molecule is CCCNCCCN(C)S(=O)(=O)NCC(F)(F)F. The number of alkyl halides is 3. The zero-order valence-electron chi connectivity index (χ0n) is 10.5. The van der Waals surface area contributed by atoms with E-state index >= 15 is 0 Å². The van der Waals surface area contributed by atoms with Crippen LogP contribution in [0.15, 0.2) is 0 Å². The maximum atomic E-state index is 11.9. The molecule has 0 rings (SSSR count). The lowest BCUT2D eigenvalue weighted by Gasteiger charge is -2.18. The Kier molecular flexibility index (Phi) is 7.76. The third kappa shape index (κ3) is 8.67. The maximum absolute atomic E-state index is 11.9. The molecule has 0 saturated carbocycles. The molecule has 0 saturated heterocycles. The van der Waals surface area contributed by atoms with E-state index in [9.17, 15) is 21.6 Å². The van der Waals surface area contributed by atoms with Crippen molar-refractivity contribution in [3.8, 4) is 0 Å². The topological polar surface area (TPSA) is 61.4 Å². The van der Waals surface area contributed by atoms with Gasteiger partial charge in [-0.2, -0.15) is 30.6 Å². The minimum atomic E-state index is -4.55. The second kappa shape index (κ2) is 7.93. The van der Waals surface area contributed by atoms with Crippen LogP contribution in [0.25, 0.3) is 0 Å². The largest absolute Gasteiger partial charge is 0.402 e. The quantitative estimate of drug-likeness (QED) is 0.615. The van der Waals surface area contributed by atoms with Crippen LogP contribution in [-0.4, -0.2) is 52.1 Å². The molecule has 0 aromatic heterocycles. The standard InChI is InChI=1S/C9H20F3N3O2S/c1-3-5-13-6-4-7-15(2)18(16,17)14-8-9(10,11)12/h13-14H,3-8H2,1-2H3. The summed E-state index contributed by atoms with van der Waals surface area (Å²) in [5, 5.41) is 3.08. The van der Waals surface area contributed by atoms with Crippen molar-refractivity contribution in [3.63, 3.8) is 0 Å². The van der Waals surface area contributed by atoms with E-state index in [4.69, 9.17) is 0 Å². The molecule has 0 aliphatic rings. The summed E-state index contributed by atoms with van der Waals surface area (Å²) in [5.41, 5.74) is 0. The van der Waals surface area contributed by atoms with Crippen LogP contribution in [0.3, 0.4) is 0 Å². The Hall–Kier alpha value is -0.380. The van der Waals surface area contributed by atoms with Gasteiger partial charge in [0.2, 0.25) is 0 Å². The summed E-state index contributed by atoms with van der Waals surface area (Å²) in [7, 11) is -2.80. The lowest BCUT2D eigenvalue weighted by molar-refractivity contribution is -0.121. The van der Waals surface area contributed by atoms with Crippen LogP contribution >= 0.6 is 0 Å². The molecule has 2 N–H and O–H groups in total. The first-order valence-corrected chi connectivity index (χ1v) is 7.11. The Morgan fingerprint density at radius 2 is 1.83 bits per heavy atom. The maximum Gasteiger partial charge on any atom is 0.402 e. The molecule has 0 unspecified atom stereocenters. The van der Waals surface area contributed by atoms with Crippen molar-refractivity contribution in [2.24, 2.45) is 0 Å². The van der Waals surface area contributed by atoms with E-state index in [0.29, 0.717) is 13.0 Å². The summed E-state index contributed by atoms with van der Waals surface area (Å²) in [6.45, 7) is 2.10. The highest BCUT2D eigenvalue weighted by Gasteiger charge is 2.30. The van der Waals surface area contributed by atoms with Gasteiger partial charge in [0, 0.05) is 13.6 Å². The molecule has 0 amide bonds. The number of nitrogens with one attached hydrogen (secondary N) is 2. The van der Waals surface area contributed by atoms with Gasteiger partial charge in [0.1, 0.15) is 6.54 Å². The summed E-state index contributed by atoms with van der Waals surface area (Å²) in [5.74, 6) is 0. The van der Waals surface area contributed by atoms with Crippen LogP contribution in [0.2, 0.25) is 0 Å². The first-order chi connectivity index (χ1) is 8.19. The van der Waals surface area contributed by atoms with E-state index in [1.165, 1.54) is 11.8 Å². The van der Waals surface area contributed by atoms with E-state index < -0.39 is 22.9 Å². The highest BCUT2D eigenvalue weighted by molar-refractivity contribution is 7.87. The molecule has 0 spiro atoms. The number of nitrogens with zero attached hydrogens (tertiary/aromatic N) is 1. The van der Waals surface area contributed by atoms with Crippen molar-refractivity contribution >= 4 is 10.2 Å². The van der Waals surface area contributed by atoms with Gasteiger partial charge < -0.3 is 5.32 Å². The minimum Gasteiger partial charge on any atom is -0.317 e. The van der Waals surface area contributed by atoms with Gasteiger partial charge in [-0.15, -0.1) is 0 Å². The molecule has 0 aliphatic heterocycles. The molecule has 5 nitrogen and oxygen atoms in total. The molecule has 0 bridgehead atoms. The van der Waals surface area contributed by atoms with Gasteiger partial charge in [-0.25, -0.2) is 0 Å². The fraction of sp³-hybridized carbons (Fsp3) is 1.00. The first-order valence-electron chi connectivity index (χ1n) is 5.67. The number of hydrogen-bond donors (Lipinski definition) is 2. The van der Waals surface area contributed by atoms with Crippen molar-refractivity contribution < 1.29 is 21.6 Å². The smallest absolute Gasteiger partial charge is 0.317 e. The van der Waals surface area contributed by atoms with Crippen molar-refractivity contribution in [1.82, 2.24) is 14.3 Å². The minimum absolute atomic E-state index is 0.171. The molecule has 0 atom stereocenters. The van der Waals surface area contributed by atoms with Gasteiger partial charge in [0.25, 0.3) is 10.2 Å². The second-order valence-electron chi connectivity index (χ2n) is 3.87.